The summed E-state index contributed by atoms with van der Waals surface area (Å²) < 4.78 is 11.1. The van der Waals surface area contributed by atoms with Crippen molar-refractivity contribution in [1.82, 2.24) is 4.90 Å². The highest BCUT2D eigenvalue weighted by molar-refractivity contribution is 5.77. The molecule has 1 N–H and O–H groups in total. The maximum atomic E-state index is 10.3. The number of nitrogens with zero attached hydrogens (tertiary/aromatic N) is 1. The Morgan fingerprint density at radius 3 is 3.05 bits per heavy atom. The number of rotatable bonds is 3. The SMILES string of the molecule is CC1COCCN1CC(O)c1cc2ccccc2o1. The molecular weight excluding hydrogens is 242 g/mol. The van der Waals surface area contributed by atoms with Crippen LogP contribution >= 0.6 is 0 Å². The monoisotopic (exact) mass is 261 g/mol. The molecule has 102 valence electrons. The maximum absolute atomic E-state index is 10.3. The topological polar surface area (TPSA) is 45.8 Å². The molecule has 1 aliphatic heterocycles. The Kier molecular flexibility index (Phi) is 3.55. The number of hydrogen-bond acceptors (Lipinski definition) is 4. The predicted octanol–water partition coefficient (Wildman–Crippen LogP) is 2.19. The first-order valence-corrected chi connectivity index (χ1v) is 6.72. The Morgan fingerprint density at radius 2 is 2.26 bits per heavy atom. The van der Waals surface area contributed by atoms with Crippen molar-refractivity contribution in [2.45, 2.75) is 19.1 Å². The van der Waals surface area contributed by atoms with Crippen LogP contribution in [0.15, 0.2) is 34.7 Å². The lowest BCUT2D eigenvalue weighted by molar-refractivity contribution is -0.0231. The van der Waals surface area contributed by atoms with Crippen LogP contribution in [0.5, 0.6) is 0 Å². The highest BCUT2D eigenvalue weighted by Gasteiger charge is 2.23. The second-order valence-corrected chi connectivity index (χ2v) is 5.12. The van der Waals surface area contributed by atoms with E-state index in [-0.39, 0.29) is 0 Å². The quantitative estimate of drug-likeness (QED) is 0.920. The molecule has 0 saturated carbocycles. The molecule has 1 aliphatic rings. The van der Waals surface area contributed by atoms with Gasteiger partial charge in [0.1, 0.15) is 17.4 Å². The fourth-order valence-corrected chi connectivity index (χ4v) is 2.51. The second-order valence-electron chi connectivity index (χ2n) is 5.12. The van der Waals surface area contributed by atoms with E-state index in [1.54, 1.807) is 0 Å². The first-order valence-electron chi connectivity index (χ1n) is 6.72. The lowest BCUT2D eigenvalue weighted by atomic mass is 10.2. The average Bonchev–Trinajstić information content (AvgIpc) is 2.85. The normalized spacial score (nSPS) is 22.7. The fourth-order valence-electron chi connectivity index (χ4n) is 2.51. The van der Waals surface area contributed by atoms with Crippen LogP contribution in [0.2, 0.25) is 0 Å². The first-order chi connectivity index (χ1) is 9.24. The summed E-state index contributed by atoms with van der Waals surface area (Å²) in [6.45, 7) is 5.03. The zero-order valence-corrected chi connectivity index (χ0v) is 11.1. The standard InChI is InChI=1S/C15H19NO3/c1-11-10-18-7-6-16(11)9-13(17)15-8-12-4-2-3-5-14(12)19-15/h2-5,8,11,13,17H,6-7,9-10H2,1H3. The molecule has 0 aliphatic carbocycles. The van der Waals surface area contributed by atoms with E-state index in [4.69, 9.17) is 9.15 Å². The van der Waals surface area contributed by atoms with Crippen LogP contribution in [0.1, 0.15) is 18.8 Å². The molecule has 4 nitrogen and oxygen atoms in total. The molecule has 2 aromatic rings. The molecular formula is C15H19NO3. The number of aliphatic hydroxyl groups excluding tert-OH is 1. The smallest absolute Gasteiger partial charge is 0.135 e. The average molecular weight is 261 g/mol. The fraction of sp³-hybridized carbons (Fsp3) is 0.467. The predicted molar refractivity (Wildman–Crippen MR) is 73.0 cm³/mol. The molecule has 0 amide bonds. The number of β-amino-alcohol motifs (C(OH)–C–C–N with tert-alkyl or cyclic N) is 1. The Labute approximate surface area is 112 Å². The highest BCUT2D eigenvalue weighted by Crippen LogP contribution is 2.25. The van der Waals surface area contributed by atoms with Gasteiger partial charge in [-0.25, -0.2) is 0 Å². The zero-order chi connectivity index (χ0) is 13.2. The van der Waals surface area contributed by atoms with Crippen molar-refractivity contribution in [2.24, 2.45) is 0 Å². The van der Waals surface area contributed by atoms with Crippen molar-refractivity contribution in [3.8, 4) is 0 Å². The summed E-state index contributed by atoms with van der Waals surface area (Å²) in [6, 6.07) is 10.1. The maximum Gasteiger partial charge on any atom is 0.135 e. The van der Waals surface area contributed by atoms with E-state index in [0.717, 1.165) is 30.7 Å². The minimum atomic E-state index is -0.590. The molecule has 3 rings (SSSR count). The number of aliphatic hydroxyl groups is 1. The summed E-state index contributed by atoms with van der Waals surface area (Å²) in [5.74, 6) is 0.639. The molecule has 0 spiro atoms. The third kappa shape index (κ3) is 2.66. The van der Waals surface area contributed by atoms with Crippen molar-refractivity contribution in [3.63, 3.8) is 0 Å². The van der Waals surface area contributed by atoms with Crippen LogP contribution in [0.4, 0.5) is 0 Å². The van der Waals surface area contributed by atoms with Crippen LogP contribution in [-0.2, 0) is 4.74 Å². The third-order valence-corrected chi connectivity index (χ3v) is 3.69. The zero-order valence-electron chi connectivity index (χ0n) is 11.1. The molecule has 1 aromatic heterocycles. The molecule has 19 heavy (non-hydrogen) atoms. The van der Waals surface area contributed by atoms with Gasteiger partial charge in [0, 0.05) is 24.5 Å². The van der Waals surface area contributed by atoms with Gasteiger partial charge < -0.3 is 14.3 Å². The van der Waals surface area contributed by atoms with E-state index in [1.807, 2.05) is 30.3 Å². The summed E-state index contributed by atoms with van der Waals surface area (Å²) in [4.78, 5) is 2.24. The van der Waals surface area contributed by atoms with Gasteiger partial charge in [0.15, 0.2) is 0 Å². The van der Waals surface area contributed by atoms with Crippen LogP contribution < -0.4 is 0 Å². The number of furan rings is 1. The van der Waals surface area contributed by atoms with Gasteiger partial charge in [-0.15, -0.1) is 0 Å². The van der Waals surface area contributed by atoms with Crippen molar-refractivity contribution in [3.05, 3.63) is 36.1 Å². The van der Waals surface area contributed by atoms with Crippen molar-refractivity contribution in [1.29, 1.82) is 0 Å². The molecule has 2 atom stereocenters. The summed E-state index contributed by atoms with van der Waals surface area (Å²) in [7, 11) is 0. The van der Waals surface area contributed by atoms with E-state index in [2.05, 4.69) is 11.8 Å². The van der Waals surface area contributed by atoms with Gasteiger partial charge in [-0.1, -0.05) is 18.2 Å². The Morgan fingerprint density at radius 1 is 1.42 bits per heavy atom. The molecule has 1 aromatic carbocycles. The summed E-state index contributed by atoms with van der Waals surface area (Å²) in [5.41, 5.74) is 0.826. The van der Waals surface area contributed by atoms with Crippen LogP contribution in [-0.4, -0.2) is 42.4 Å². The number of hydrogen-bond donors (Lipinski definition) is 1. The van der Waals surface area contributed by atoms with Gasteiger partial charge >= 0.3 is 0 Å². The van der Waals surface area contributed by atoms with Crippen LogP contribution in [0.25, 0.3) is 11.0 Å². The number of benzene rings is 1. The molecule has 1 fully saturated rings. The van der Waals surface area contributed by atoms with Gasteiger partial charge in [-0.3, -0.25) is 4.90 Å². The van der Waals surface area contributed by atoms with E-state index in [1.165, 1.54) is 0 Å². The number of morpholine rings is 1. The Bertz CT molecular complexity index is 518. The van der Waals surface area contributed by atoms with E-state index in [9.17, 15) is 5.11 Å². The Balaban J connectivity index is 1.74. The number of ether oxygens (including phenoxy) is 1. The lowest BCUT2D eigenvalue weighted by Gasteiger charge is -2.34. The molecule has 1 saturated heterocycles. The molecule has 4 heteroatoms. The van der Waals surface area contributed by atoms with Crippen molar-refractivity contribution >= 4 is 11.0 Å². The van der Waals surface area contributed by atoms with E-state index in [0.29, 0.717) is 18.3 Å². The van der Waals surface area contributed by atoms with Gasteiger partial charge in [-0.2, -0.15) is 0 Å². The Hall–Kier alpha value is -1.36. The number of para-hydroxylation sites is 1. The second kappa shape index (κ2) is 5.33. The minimum absolute atomic E-state index is 0.341. The van der Waals surface area contributed by atoms with Gasteiger partial charge in [-0.05, 0) is 19.1 Å². The van der Waals surface area contributed by atoms with Crippen LogP contribution in [0, 0.1) is 0 Å². The summed E-state index contributed by atoms with van der Waals surface area (Å²) >= 11 is 0. The number of fused-ring (bicyclic) bond motifs is 1. The largest absolute Gasteiger partial charge is 0.458 e. The van der Waals surface area contributed by atoms with Crippen LogP contribution in [0.3, 0.4) is 0 Å². The molecule has 0 bridgehead atoms. The molecule has 2 heterocycles. The van der Waals surface area contributed by atoms with E-state index >= 15 is 0 Å². The lowest BCUT2D eigenvalue weighted by Crippen LogP contribution is -2.45. The first kappa shape index (κ1) is 12.7. The van der Waals surface area contributed by atoms with Gasteiger partial charge in [0.2, 0.25) is 0 Å². The van der Waals surface area contributed by atoms with Gasteiger partial charge in [0.25, 0.3) is 0 Å². The molecule has 2 unspecified atom stereocenters. The summed E-state index contributed by atoms with van der Waals surface area (Å²) in [6.07, 6.45) is -0.590. The third-order valence-electron chi connectivity index (χ3n) is 3.69. The summed E-state index contributed by atoms with van der Waals surface area (Å²) in [5, 5.41) is 11.3. The van der Waals surface area contributed by atoms with Gasteiger partial charge in [0.05, 0.1) is 13.2 Å². The van der Waals surface area contributed by atoms with E-state index < -0.39 is 6.10 Å². The highest BCUT2D eigenvalue weighted by atomic mass is 16.5. The van der Waals surface area contributed by atoms with Crippen molar-refractivity contribution in [2.75, 3.05) is 26.3 Å². The van der Waals surface area contributed by atoms with Crippen molar-refractivity contribution < 1.29 is 14.3 Å². The molecule has 0 radical (unpaired) electrons. The minimum Gasteiger partial charge on any atom is -0.458 e.